The Morgan fingerprint density at radius 2 is 1.56 bits per heavy atom. The molecule has 0 bridgehead atoms. The number of fused-ring (bicyclic) bond motifs is 1. The molecule has 0 amide bonds. The zero-order valence-electron chi connectivity index (χ0n) is 13.6. The standard InChI is InChI=1S/C19H10Cl3N3O2/c20-11-4-6-12(7-5-11)27-16-9-8-15-18(19(26)23-10-25(15)24-16)17-13(21)2-1-3-14(17)22/h1-10H. The van der Waals surface area contributed by atoms with Gasteiger partial charge in [0.05, 0.1) is 21.1 Å². The average Bonchev–Trinajstić information content (AvgIpc) is 2.65. The summed E-state index contributed by atoms with van der Waals surface area (Å²) in [5.74, 6) is 0.904. The van der Waals surface area contributed by atoms with Gasteiger partial charge in [0.15, 0.2) is 0 Å². The normalized spacial score (nSPS) is 10.9. The summed E-state index contributed by atoms with van der Waals surface area (Å²) in [5.41, 5.74) is 0.759. The van der Waals surface area contributed by atoms with Gasteiger partial charge in [-0.15, -0.1) is 5.10 Å². The molecule has 2 aromatic carbocycles. The molecule has 0 unspecified atom stereocenters. The van der Waals surface area contributed by atoms with Crippen molar-refractivity contribution >= 4 is 40.3 Å². The van der Waals surface area contributed by atoms with Crippen LogP contribution >= 0.6 is 34.8 Å². The van der Waals surface area contributed by atoms with Crippen LogP contribution in [0.15, 0.2) is 65.7 Å². The molecule has 4 rings (SSSR count). The molecule has 0 aliphatic carbocycles. The van der Waals surface area contributed by atoms with Crippen LogP contribution in [0.25, 0.3) is 16.6 Å². The number of benzene rings is 2. The summed E-state index contributed by atoms with van der Waals surface area (Å²) in [4.78, 5) is 16.3. The Morgan fingerprint density at radius 1 is 0.852 bits per heavy atom. The van der Waals surface area contributed by atoms with Crippen LogP contribution in [-0.2, 0) is 0 Å². The number of ether oxygens (including phenoxy) is 1. The van der Waals surface area contributed by atoms with Crippen molar-refractivity contribution in [3.05, 3.63) is 86.3 Å². The lowest BCUT2D eigenvalue weighted by Crippen LogP contribution is -2.14. The Hall–Kier alpha value is -2.60. The number of hydrogen-bond donors (Lipinski definition) is 0. The molecule has 0 aliphatic heterocycles. The lowest BCUT2D eigenvalue weighted by atomic mass is 10.1. The molecule has 8 heteroatoms. The first-order valence-corrected chi connectivity index (χ1v) is 8.93. The van der Waals surface area contributed by atoms with Gasteiger partial charge < -0.3 is 4.74 Å². The van der Waals surface area contributed by atoms with Gasteiger partial charge in [0.25, 0.3) is 5.56 Å². The van der Waals surface area contributed by atoms with Crippen molar-refractivity contribution < 1.29 is 4.74 Å². The maximum absolute atomic E-state index is 12.4. The second-order valence-corrected chi connectivity index (χ2v) is 6.83. The Balaban J connectivity index is 1.84. The number of hydrogen-bond acceptors (Lipinski definition) is 4. The van der Waals surface area contributed by atoms with Crippen molar-refractivity contribution in [1.29, 1.82) is 0 Å². The van der Waals surface area contributed by atoms with E-state index in [9.17, 15) is 4.79 Å². The van der Waals surface area contributed by atoms with Gasteiger partial charge in [0, 0.05) is 16.7 Å². The zero-order chi connectivity index (χ0) is 19.0. The van der Waals surface area contributed by atoms with Gasteiger partial charge in [-0.1, -0.05) is 40.9 Å². The molecule has 0 fully saturated rings. The van der Waals surface area contributed by atoms with Crippen LogP contribution in [0.4, 0.5) is 0 Å². The molecule has 5 nitrogen and oxygen atoms in total. The zero-order valence-corrected chi connectivity index (χ0v) is 15.8. The second kappa shape index (κ2) is 7.19. The lowest BCUT2D eigenvalue weighted by Gasteiger charge is -2.11. The molecule has 0 atom stereocenters. The Morgan fingerprint density at radius 3 is 2.26 bits per heavy atom. The molecule has 0 saturated heterocycles. The maximum atomic E-state index is 12.4. The SMILES string of the molecule is O=c1ncn2nc(Oc3ccc(Cl)cc3)ccc2c1-c1c(Cl)cccc1Cl. The summed E-state index contributed by atoms with van der Waals surface area (Å²) in [6.45, 7) is 0. The van der Waals surface area contributed by atoms with Crippen LogP contribution < -0.4 is 10.3 Å². The monoisotopic (exact) mass is 417 g/mol. The molecule has 0 radical (unpaired) electrons. The highest BCUT2D eigenvalue weighted by Gasteiger charge is 2.17. The van der Waals surface area contributed by atoms with E-state index in [4.69, 9.17) is 39.5 Å². The van der Waals surface area contributed by atoms with E-state index in [1.807, 2.05) is 0 Å². The average molecular weight is 419 g/mol. The predicted octanol–water partition coefficient (Wildman–Crippen LogP) is 5.51. The van der Waals surface area contributed by atoms with E-state index in [0.717, 1.165) is 0 Å². The summed E-state index contributed by atoms with van der Waals surface area (Å²) in [6, 6.07) is 15.3. The minimum atomic E-state index is -0.446. The summed E-state index contributed by atoms with van der Waals surface area (Å²) in [6.07, 6.45) is 1.32. The smallest absolute Gasteiger partial charge is 0.281 e. The fourth-order valence-corrected chi connectivity index (χ4v) is 3.35. The van der Waals surface area contributed by atoms with Crippen LogP contribution in [-0.4, -0.2) is 14.6 Å². The third-order valence-corrected chi connectivity index (χ3v) is 4.72. The van der Waals surface area contributed by atoms with Crippen LogP contribution in [0.3, 0.4) is 0 Å². The fraction of sp³-hybridized carbons (Fsp3) is 0. The van der Waals surface area contributed by atoms with Crippen molar-refractivity contribution in [2.45, 2.75) is 0 Å². The molecule has 0 aliphatic rings. The first-order chi connectivity index (χ1) is 13.0. The van der Waals surface area contributed by atoms with Crippen molar-refractivity contribution in [1.82, 2.24) is 14.6 Å². The van der Waals surface area contributed by atoms with Crippen molar-refractivity contribution in [3.63, 3.8) is 0 Å². The number of halogens is 3. The quantitative estimate of drug-likeness (QED) is 0.440. The van der Waals surface area contributed by atoms with E-state index in [-0.39, 0.29) is 5.56 Å². The fourth-order valence-electron chi connectivity index (χ4n) is 2.64. The number of aromatic nitrogens is 3. The topological polar surface area (TPSA) is 56.5 Å². The molecule has 0 spiro atoms. The van der Waals surface area contributed by atoms with E-state index in [2.05, 4.69) is 10.1 Å². The summed E-state index contributed by atoms with van der Waals surface area (Å²) >= 11 is 18.4. The van der Waals surface area contributed by atoms with E-state index in [0.29, 0.717) is 37.8 Å². The van der Waals surface area contributed by atoms with Gasteiger partial charge in [-0.25, -0.2) is 4.52 Å². The third kappa shape index (κ3) is 3.49. The summed E-state index contributed by atoms with van der Waals surface area (Å²) in [5, 5.41) is 5.68. The van der Waals surface area contributed by atoms with Gasteiger partial charge in [-0.2, -0.15) is 4.98 Å². The Kier molecular flexibility index (Phi) is 4.74. The predicted molar refractivity (Wildman–Crippen MR) is 106 cm³/mol. The summed E-state index contributed by atoms with van der Waals surface area (Å²) < 4.78 is 7.16. The maximum Gasteiger partial charge on any atom is 0.281 e. The summed E-state index contributed by atoms with van der Waals surface area (Å²) in [7, 11) is 0. The van der Waals surface area contributed by atoms with Crippen molar-refractivity contribution in [2.24, 2.45) is 0 Å². The highest BCUT2D eigenvalue weighted by Crippen LogP contribution is 2.35. The molecular weight excluding hydrogens is 409 g/mol. The lowest BCUT2D eigenvalue weighted by molar-refractivity contribution is 0.452. The number of rotatable bonds is 3. The van der Waals surface area contributed by atoms with Gasteiger partial charge in [0.2, 0.25) is 5.88 Å². The van der Waals surface area contributed by atoms with Gasteiger partial charge in [-0.05, 0) is 42.5 Å². The molecule has 134 valence electrons. The van der Waals surface area contributed by atoms with Crippen LogP contribution in [0.5, 0.6) is 11.6 Å². The van der Waals surface area contributed by atoms with Crippen molar-refractivity contribution in [2.75, 3.05) is 0 Å². The molecule has 4 aromatic rings. The number of nitrogens with zero attached hydrogens (tertiary/aromatic N) is 3. The first kappa shape index (κ1) is 17.8. The molecule has 2 aromatic heterocycles. The Bertz CT molecular complexity index is 1190. The molecule has 0 saturated carbocycles. The first-order valence-electron chi connectivity index (χ1n) is 7.79. The van der Waals surface area contributed by atoms with Gasteiger partial charge in [-0.3, -0.25) is 4.79 Å². The van der Waals surface area contributed by atoms with Crippen LogP contribution in [0, 0.1) is 0 Å². The minimum absolute atomic E-state index is 0.277. The highest BCUT2D eigenvalue weighted by molar-refractivity contribution is 6.39. The minimum Gasteiger partial charge on any atom is -0.438 e. The molecular formula is C19H10Cl3N3O2. The highest BCUT2D eigenvalue weighted by atomic mass is 35.5. The largest absolute Gasteiger partial charge is 0.438 e. The molecule has 0 N–H and O–H groups in total. The van der Waals surface area contributed by atoms with E-state index in [1.54, 1.807) is 54.6 Å². The van der Waals surface area contributed by atoms with Gasteiger partial charge in [0.1, 0.15) is 12.1 Å². The van der Waals surface area contributed by atoms with E-state index >= 15 is 0 Å². The third-order valence-electron chi connectivity index (χ3n) is 3.84. The second-order valence-electron chi connectivity index (χ2n) is 5.58. The van der Waals surface area contributed by atoms with Crippen LogP contribution in [0.1, 0.15) is 0 Å². The van der Waals surface area contributed by atoms with E-state index in [1.165, 1.54) is 10.8 Å². The Labute approximate surface area is 168 Å². The molecule has 27 heavy (non-hydrogen) atoms. The molecule has 2 heterocycles. The van der Waals surface area contributed by atoms with E-state index < -0.39 is 5.56 Å². The van der Waals surface area contributed by atoms with Crippen molar-refractivity contribution in [3.8, 4) is 22.8 Å². The van der Waals surface area contributed by atoms with Crippen LogP contribution in [0.2, 0.25) is 15.1 Å². The van der Waals surface area contributed by atoms with Gasteiger partial charge >= 0.3 is 0 Å².